The van der Waals surface area contributed by atoms with Crippen LogP contribution in [0.4, 0.5) is 13.2 Å². The number of carbonyl (C=O) groups excluding carboxylic acids is 1. The largest absolute Gasteiger partial charge is 0.496 e. The Hall–Kier alpha value is -2.59. The second-order valence-corrected chi connectivity index (χ2v) is 8.06. The predicted octanol–water partition coefficient (Wildman–Crippen LogP) is 2.82. The van der Waals surface area contributed by atoms with E-state index in [0.29, 0.717) is 12.2 Å². The number of halogens is 3. The summed E-state index contributed by atoms with van der Waals surface area (Å²) in [4.78, 5) is 11.9. The Bertz CT molecular complexity index is 976. The first-order valence-electron chi connectivity index (χ1n) is 8.60. The van der Waals surface area contributed by atoms with Gasteiger partial charge in [-0.25, -0.2) is 13.1 Å². The fourth-order valence-electron chi connectivity index (χ4n) is 2.58. The van der Waals surface area contributed by atoms with Gasteiger partial charge in [-0.3, -0.25) is 4.79 Å². The van der Waals surface area contributed by atoms with E-state index in [1.54, 1.807) is 7.11 Å². The van der Waals surface area contributed by atoms with Crippen molar-refractivity contribution in [2.24, 2.45) is 0 Å². The SMILES string of the molecule is COc1ccc(C)cc1CCNC(=O)c1cccc(S(=O)(=O)NCC(F)(F)F)c1. The molecule has 6 nitrogen and oxygen atoms in total. The van der Waals surface area contributed by atoms with Gasteiger partial charge in [0.25, 0.3) is 5.91 Å². The summed E-state index contributed by atoms with van der Waals surface area (Å²) in [6.07, 6.45) is -4.19. The number of carbonyl (C=O) groups is 1. The van der Waals surface area contributed by atoms with E-state index < -0.39 is 33.5 Å². The zero-order valence-corrected chi connectivity index (χ0v) is 16.7. The second-order valence-electron chi connectivity index (χ2n) is 6.29. The van der Waals surface area contributed by atoms with Gasteiger partial charge in [-0.1, -0.05) is 23.8 Å². The molecule has 0 fully saturated rings. The van der Waals surface area contributed by atoms with Gasteiger partial charge in [0.1, 0.15) is 12.3 Å². The van der Waals surface area contributed by atoms with Crippen molar-refractivity contribution in [3.63, 3.8) is 0 Å². The van der Waals surface area contributed by atoms with Crippen LogP contribution in [0.2, 0.25) is 0 Å². The number of ether oxygens (including phenoxy) is 1. The van der Waals surface area contributed by atoms with Crippen molar-refractivity contribution in [2.45, 2.75) is 24.4 Å². The number of rotatable bonds is 8. The lowest BCUT2D eigenvalue weighted by Crippen LogP contribution is -2.34. The van der Waals surface area contributed by atoms with E-state index in [2.05, 4.69) is 5.32 Å². The summed E-state index contributed by atoms with van der Waals surface area (Å²) in [7, 11) is -2.85. The molecular weight excluding hydrogens is 409 g/mol. The lowest BCUT2D eigenvalue weighted by atomic mass is 10.1. The Morgan fingerprint density at radius 2 is 1.86 bits per heavy atom. The van der Waals surface area contributed by atoms with Crippen LogP contribution in [0.25, 0.3) is 0 Å². The van der Waals surface area contributed by atoms with Crippen LogP contribution in [0.5, 0.6) is 5.75 Å². The van der Waals surface area contributed by atoms with Crippen LogP contribution in [0, 0.1) is 6.92 Å². The van der Waals surface area contributed by atoms with Gasteiger partial charge >= 0.3 is 6.18 Å². The van der Waals surface area contributed by atoms with E-state index in [4.69, 9.17) is 4.74 Å². The fourth-order valence-corrected chi connectivity index (χ4v) is 3.64. The summed E-state index contributed by atoms with van der Waals surface area (Å²) in [5.74, 6) is 0.151. The van der Waals surface area contributed by atoms with E-state index in [0.717, 1.165) is 23.3 Å². The summed E-state index contributed by atoms with van der Waals surface area (Å²) in [5.41, 5.74) is 1.97. The van der Waals surface area contributed by atoms with Crippen LogP contribution in [-0.4, -0.2) is 40.7 Å². The van der Waals surface area contributed by atoms with Crippen molar-refractivity contribution in [2.75, 3.05) is 20.2 Å². The van der Waals surface area contributed by atoms with E-state index in [9.17, 15) is 26.4 Å². The number of amides is 1. The van der Waals surface area contributed by atoms with Crippen molar-refractivity contribution in [3.05, 3.63) is 59.2 Å². The molecule has 0 unspecified atom stereocenters. The Morgan fingerprint density at radius 3 is 2.52 bits per heavy atom. The molecule has 2 rings (SSSR count). The van der Waals surface area contributed by atoms with Crippen LogP contribution in [-0.2, 0) is 16.4 Å². The van der Waals surface area contributed by atoms with Crippen LogP contribution in [0.15, 0.2) is 47.4 Å². The molecule has 0 saturated heterocycles. The topological polar surface area (TPSA) is 84.5 Å². The second kappa shape index (κ2) is 9.27. The number of hydrogen-bond acceptors (Lipinski definition) is 4. The van der Waals surface area contributed by atoms with E-state index >= 15 is 0 Å². The molecule has 0 saturated carbocycles. The molecule has 0 atom stereocenters. The van der Waals surface area contributed by atoms with Crippen molar-refractivity contribution < 1.29 is 31.1 Å². The minimum atomic E-state index is -4.68. The van der Waals surface area contributed by atoms with Gasteiger partial charge in [0.2, 0.25) is 10.0 Å². The molecule has 0 aromatic heterocycles. The minimum Gasteiger partial charge on any atom is -0.496 e. The number of methoxy groups -OCH3 is 1. The van der Waals surface area contributed by atoms with Crippen molar-refractivity contribution in [1.82, 2.24) is 10.0 Å². The lowest BCUT2D eigenvalue weighted by molar-refractivity contribution is -0.121. The van der Waals surface area contributed by atoms with Gasteiger partial charge in [0.05, 0.1) is 12.0 Å². The molecule has 29 heavy (non-hydrogen) atoms. The molecule has 0 aliphatic carbocycles. The van der Waals surface area contributed by atoms with E-state index in [1.807, 2.05) is 25.1 Å². The molecule has 0 heterocycles. The zero-order valence-electron chi connectivity index (χ0n) is 15.8. The molecule has 0 radical (unpaired) electrons. The highest BCUT2D eigenvalue weighted by atomic mass is 32.2. The molecule has 10 heteroatoms. The number of nitrogens with one attached hydrogen (secondary N) is 2. The Kier molecular flexibility index (Phi) is 7.26. The van der Waals surface area contributed by atoms with E-state index in [1.165, 1.54) is 16.9 Å². The first-order chi connectivity index (χ1) is 13.5. The van der Waals surface area contributed by atoms with Gasteiger partial charge < -0.3 is 10.1 Å². The smallest absolute Gasteiger partial charge is 0.402 e. The van der Waals surface area contributed by atoms with Crippen LogP contribution >= 0.6 is 0 Å². The summed E-state index contributed by atoms with van der Waals surface area (Å²) in [5, 5.41) is 2.66. The van der Waals surface area contributed by atoms with Crippen molar-refractivity contribution in [1.29, 1.82) is 0 Å². The molecular formula is C19H21F3N2O4S. The lowest BCUT2D eigenvalue weighted by Gasteiger charge is -2.12. The summed E-state index contributed by atoms with van der Waals surface area (Å²) in [6.45, 7) is 0.506. The number of aryl methyl sites for hydroxylation is 1. The van der Waals surface area contributed by atoms with Crippen LogP contribution < -0.4 is 14.8 Å². The maximum Gasteiger partial charge on any atom is 0.402 e. The number of hydrogen-bond donors (Lipinski definition) is 2. The maximum atomic E-state index is 12.3. The fraction of sp³-hybridized carbons (Fsp3) is 0.316. The van der Waals surface area contributed by atoms with Crippen molar-refractivity contribution >= 4 is 15.9 Å². The summed E-state index contributed by atoms with van der Waals surface area (Å²) < 4.78 is 67.5. The van der Waals surface area contributed by atoms with Gasteiger partial charge in [-0.15, -0.1) is 0 Å². The monoisotopic (exact) mass is 430 g/mol. The standard InChI is InChI=1S/C19H21F3N2O4S/c1-13-6-7-17(28-2)14(10-13)8-9-23-18(25)15-4-3-5-16(11-15)29(26,27)24-12-19(20,21)22/h3-7,10-11,24H,8-9,12H2,1-2H3,(H,23,25). The molecule has 0 spiro atoms. The average Bonchev–Trinajstić information content (AvgIpc) is 2.66. The van der Waals surface area contributed by atoms with Gasteiger partial charge in [0, 0.05) is 12.1 Å². The quantitative estimate of drug-likeness (QED) is 0.675. The molecule has 0 aliphatic rings. The number of sulfonamides is 1. The number of alkyl halides is 3. The van der Waals surface area contributed by atoms with Crippen LogP contribution in [0.1, 0.15) is 21.5 Å². The van der Waals surface area contributed by atoms with Gasteiger partial charge in [-0.05, 0) is 43.2 Å². The molecule has 2 aromatic carbocycles. The normalized spacial score (nSPS) is 11.9. The van der Waals surface area contributed by atoms with Crippen LogP contribution in [0.3, 0.4) is 0 Å². The zero-order chi connectivity index (χ0) is 21.7. The average molecular weight is 430 g/mol. The molecule has 0 aliphatic heterocycles. The van der Waals surface area contributed by atoms with Crippen molar-refractivity contribution in [3.8, 4) is 5.75 Å². The summed E-state index contributed by atoms with van der Waals surface area (Å²) >= 11 is 0. The molecule has 0 bridgehead atoms. The minimum absolute atomic E-state index is 0.0242. The third kappa shape index (κ3) is 6.75. The highest BCUT2D eigenvalue weighted by Gasteiger charge is 2.30. The first-order valence-corrected chi connectivity index (χ1v) is 10.1. The third-order valence-corrected chi connectivity index (χ3v) is 5.38. The van der Waals surface area contributed by atoms with E-state index in [-0.39, 0.29) is 12.1 Å². The summed E-state index contributed by atoms with van der Waals surface area (Å²) in [6, 6.07) is 10.5. The Balaban J connectivity index is 2.03. The predicted molar refractivity (Wildman–Crippen MR) is 101 cm³/mol. The molecule has 2 aromatic rings. The highest BCUT2D eigenvalue weighted by Crippen LogP contribution is 2.20. The third-order valence-electron chi connectivity index (χ3n) is 3.98. The molecule has 1 amide bonds. The molecule has 2 N–H and O–H groups in total. The maximum absolute atomic E-state index is 12.3. The Morgan fingerprint density at radius 1 is 1.14 bits per heavy atom. The van der Waals surface area contributed by atoms with Gasteiger partial charge in [-0.2, -0.15) is 13.2 Å². The first kappa shape index (κ1) is 22.7. The molecule has 158 valence electrons. The van der Waals surface area contributed by atoms with Gasteiger partial charge in [0.15, 0.2) is 0 Å². The number of benzene rings is 2. The Labute approximate surface area is 167 Å². The highest BCUT2D eigenvalue weighted by molar-refractivity contribution is 7.89.